The lowest BCUT2D eigenvalue weighted by Crippen LogP contribution is -2.48. The van der Waals surface area contributed by atoms with E-state index >= 15 is 0 Å². The van der Waals surface area contributed by atoms with Crippen molar-refractivity contribution in [1.82, 2.24) is 4.31 Å². The molecule has 1 heterocycles. The monoisotopic (exact) mass is 444 g/mol. The molecule has 6 nitrogen and oxygen atoms in total. The molecule has 0 unspecified atom stereocenters. The second-order valence-corrected chi connectivity index (χ2v) is 9.21. The number of benzene rings is 2. The summed E-state index contributed by atoms with van der Waals surface area (Å²) in [5.41, 5.74) is 1.61. The van der Waals surface area contributed by atoms with Gasteiger partial charge in [0.2, 0.25) is 10.0 Å². The molecule has 0 radical (unpaired) electrons. The molecule has 2 aromatic rings. The minimum absolute atomic E-state index is 0.103. The number of aryl methyl sites for hydroxylation is 1. The van der Waals surface area contributed by atoms with Gasteiger partial charge >= 0.3 is 0 Å². The van der Waals surface area contributed by atoms with Crippen LogP contribution in [0.2, 0.25) is 10.0 Å². The number of methoxy groups -OCH3 is 2. The van der Waals surface area contributed by atoms with E-state index in [1.807, 2.05) is 11.8 Å². The number of piperazine rings is 1. The van der Waals surface area contributed by atoms with E-state index in [9.17, 15) is 8.42 Å². The van der Waals surface area contributed by atoms with Crippen molar-refractivity contribution < 1.29 is 17.9 Å². The molecular formula is C19H22Cl2N2O4S. The highest BCUT2D eigenvalue weighted by molar-refractivity contribution is 7.89. The molecule has 152 valence electrons. The smallest absolute Gasteiger partial charge is 0.247 e. The normalized spacial score (nSPS) is 15.5. The zero-order valence-electron chi connectivity index (χ0n) is 15.9. The van der Waals surface area contributed by atoms with E-state index in [-0.39, 0.29) is 4.90 Å². The third-order valence-corrected chi connectivity index (χ3v) is 7.26. The molecule has 1 saturated heterocycles. The third-order valence-electron chi connectivity index (χ3n) is 4.79. The maximum atomic E-state index is 13.2. The van der Waals surface area contributed by atoms with Crippen LogP contribution in [0.15, 0.2) is 35.2 Å². The van der Waals surface area contributed by atoms with Crippen molar-refractivity contribution in [3.63, 3.8) is 0 Å². The molecule has 9 heteroatoms. The molecule has 1 aliphatic heterocycles. The van der Waals surface area contributed by atoms with Gasteiger partial charge in [0.25, 0.3) is 0 Å². The minimum Gasteiger partial charge on any atom is -0.496 e. The SMILES string of the molecule is COc1cc(S(=O)(=O)N2CCN(c3cc(Cl)ccc3Cl)CC2)c(OC)cc1C. The van der Waals surface area contributed by atoms with Crippen molar-refractivity contribution in [2.45, 2.75) is 11.8 Å². The van der Waals surface area contributed by atoms with Crippen molar-refractivity contribution in [2.75, 3.05) is 45.3 Å². The van der Waals surface area contributed by atoms with Crippen molar-refractivity contribution in [3.8, 4) is 11.5 Å². The molecule has 1 aliphatic rings. The average molecular weight is 445 g/mol. The van der Waals surface area contributed by atoms with Crippen LogP contribution in [0, 0.1) is 6.92 Å². The van der Waals surface area contributed by atoms with Crippen molar-refractivity contribution >= 4 is 38.9 Å². The molecular weight excluding hydrogens is 423 g/mol. The van der Waals surface area contributed by atoms with Crippen LogP contribution in [0.5, 0.6) is 11.5 Å². The van der Waals surface area contributed by atoms with E-state index in [2.05, 4.69) is 0 Å². The number of hydrogen-bond donors (Lipinski definition) is 0. The maximum Gasteiger partial charge on any atom is 0.247 e. The van der Waals surface area contributed by atoms with E-state index in [4.69, 9.17) is 32.7 Å². The van der Waals surface area contributed by atoms with E-state index in [0.29, 0.717) is 47.7 Å². The number of nitrogens with zero attached hydrogens (tertiary/aromatic N) is 2. The van der Waals surface area contributed by atoms with Crippen LogP contribution in [-0.4, -0.2) is 53.1 Å². The van der Waals surface area contributed by atoms with Gasteiger partial charge in [0.1, 0.15) is 16.4 Å². The lowest BCUT2D eigenvalue weighted by molar-refractivity contribution is 0.370. The first-order valence-electron chi connectivity index (χ1n) is 8.70. The summed E-state index contributed by atoms with van der Waals surface area (Å²) in [6.07, 6.45) is 0. The van der Waals surface area contributed by atoms with Crippen molar-refractivity contribution in [3.05, 3.63) is 45.9 Å². The summed E-state index contributed by atoms with van der Waals surface area (Å²) < 4.78 is 38.5. The fourth-order valence-corrected chi connectivity index (χ4v) is 5.24. The second-order valence-electron chi connectivity index (χ2n) is 6.46. The quantitative estimate of drug-likeness (QED) is 0.700. The lowest BCUT2D eigenvalue weighted by Gasteiger charge is -2.36. The Labute approximate surface area is 175 Å². The molecule has 0 bridgehead atoms. The second kappa shape index (κ2) is 8.37. The van der Waals surface area contributed by atoms with Crippen LogP contribution in [0.1, 0.15) is 5.56 Å². The average Bonchev–Trinajstić information content (AvgIpc) is 2.69. The highest BCUT2D eigenvalue weighted by Crippen LogP contribution is 2.35. The Morgan fingerprint density at radius 3 is 2.18 bits per heavy atom. The molecule has 0 aromatic heterocycles. The predicted octanol–water partition coefficient (Wildman–Crippen LogP) is 3.83. The molecule has 0 amide bonds. The first-order valence-corrected chi connectivity index (χ1v) is 10.9. The fraction of sp³-hybridized carbons (Fsp3) is 0.368. The standard InChI is InChI=1S/C19H22Cl2N2O4S/c1-13-10-18(27-3)19(12-17(13)26-2)28(24,25)23-8-6-22(7-9-23)16-11-14(20)4-5-15(16)21/h4-5,10-12H,6-9H2,1-3H3. The number of halogens is 2. The first-order chi connectivity index (χ1) is 13.3. The largest absolute Gasteiger partial charge is 0.496 e. The van der Waals surface area contributed by atoms with Gasteiger partial charge in [-0.25, -0.2) is 8.42 Å². The first kappa shape index (κ1) is 21.0. The lowest BCUT2D eigenvalue weighted by atomic mass is 10.2. The molecule has 3 rings (SSSR count). The fourth-order valence-electron chi connectivity index (χ4n) is 3.26. The van der Waals surface area contributed by atoms with Gasteiger partial charge in [-0.3, -0.25) is 0 Å². The molecule has 0 aliphatic carbocycles. The van der Waals surface area contributed by atoms with E-state index in [0.717, 1.165) is 11.3 Å². The molecule has 28 heavy (non-hydrogen) atoms. The number of anilines is 1. The summed E-state index contributed by atoms with van der Waals surface area (Å²) in [5, 5.41) is 1.18. The van der Waals surface area contributed by atoms with E-state index < -0.39 is 10.0 Å². The highest BCUT2D eigenvalue weighted by atomic mass is 35.5. The van der Waals surface area contributed by atoms with Gasteiger partial charge in [-0.15, -0.1) is 0 Å². The molecule has 0 atom stereocenters. The summed E-state index contributed by atoms with van der Waals surface area (Å²) in [6.45, 7) is 3.50. The maximum absolute atomic E-state index is 13.2. The molecule has 0 saturated carbocycles. The van der Waals surface area contributed by atoms with Gasteiger partial charge in [-0.05, 0) is 36.8 Å². The van der Waals surface area contributed by atoms with E-state index in [1.54, 1.807) is 24.3 Å². The Bertz CT molecular complexity index is 974. The molecule has 0 N–H and O–H groups in total. The van der Waals surface area contributed by atoms with Crippen molar-refractivity contribution in [2.24, 2.45) is 0 Å². The van der Waals surface area contributed by atoms with Crippen LogP contribution in [-0.2, 0) is 10.0 Å². The Hall–Kier alpha value is -1.67. The molecule has 1 fully saturated rings. The summed E-state index contributed by atoms with van der Waals surface area (Å²) in [5.74, 6) is 0.808. The van der Waals surface area contributed by atoms with Crippen molar-refractivity contribution in [1.29, 1.82) is 0 Å². The summed E-state index contributed by atoms with van der Waals surface area (Å²) in [7, 11) is -0.765. The highest BCUT2D eigenvalue weighted by Gasteiger charge is 2.32. The Morgan fingerprint density at radius 1 is 0.929 bits per heavy atom. The van der Waals surface area contributed by atoms with E-state index in [1.165, 1.54) is 24.6 Å². The summed E-state index contributed by atoms with van der Waals surface area (Å²) in [4.78, 5) is 2.14. The van der Waals surface area contributed by atoms with Gasteiger partial charge in [0.15, 0.2) is 0 Å². The third kappa shape index (κ3) is 4.03. The Balaban J connectivity index is 1.85. The van der Waals surface area contributed by atoms with Gasteiger partial charge in [0, 0.05) is 37.3 Å². The van der Waals surface area contributed by atoms with Crippen LogP contribution in [0.4, 0.5) is 5.69 Å². The number of sulfonamides is 1. The van der Waals surface area contributed by atoms with Gasteiger partial charge in [0.05, 0.1) is 24.9 Å². The number of hydrogen-bond acceptors (Lipinski definition) is 5. The number of rotatable bonds is 5. The Morgan fingerprint density at radius 2 is 1.57 bits per heavy atom. The molecule has 2 aromatic carbocycles. The van der Waals surface area contributed by atoms with Crippen LogP contribution in [0.3, 0.4) is 0 Å². The Kier molecular flexibility index (Phi) is 6.29. The predicted molar refractivity (Wildman–Crippen MR) is 112 cm³/mol. The van der Waals surface area contributed by atoms with Crippen LogP contribution < -0.4 is 14.4 Å². The minimum atomic E-state index is -3.74. The molecule has 0 spiro atoms. The van der Waals surface area contributed by atoms with Crippen LogP contribution >= 0.6 is 23.2 Å². The summed E-state index contributed by atoms with van der Waals surface area (Å²) in [6, 6.07) is 8.45. The van der Waals surface area contributed by atoms with Crippen LogP contribution in [0.25, 0.3) is 0 Å². The van der Waals surface area contributed by atoms with Gasteiger partial charge < -0.3 is 14.4 Å². The number of ether oxygens (including phenoxy) is 2. The zero-order chi connectivity index (χ0) is 20.5. The zero-order valence-corrected chi connectivity index (χ0v) is 18.2. The van der Waals surface area contributed by atoms with Gasteiger partial charge in [-0.1, -0.05) is 23.2 Å². The summed E-state index contributed by atoms with van der Waals surface area (Å²) >= 11 is 12.4. The van der Waals surface area contributed by atoms with Gasteiger partial charge in [-0.2, -0.15) is 4.31 Å². The topological polar surface area (TPSA) is 59.1 Å².